The van der Waals surface area contributed by atoms with Crippen molar-refractivity contribution in [2.75, 3.05) is 6.54 Å². The highest BCUT2D eigenvalue weighted by Crippen LogP contribution is 2.10. The van der Waals surface area contributed by atoms with Crippen molar-refractivity contribution in [2.45, 2.75) is 26.3 Å². The summed E-state index contributed by atoms with van der Waals surface area (Å²) >= 11 is 0. The molecule has 0 aliphatic heterocycles. The van der Waals surface area contributed by atoms with E-state index in [1.54, 1.807) is 6.20 Å². The molecule has 0 aliphatic carbocycles. The molecule has 17 heavy (non-hydrogen) atoms. The average Bonchev–Trinajstić information content (AvgIpc) is 2.84. The Bertz CT molecular complexity index is 434. The van der Waals surface area contributed by atoms with E-state index >= 15 is 0 Å². The summed E-state index contributed by atoms with van der Waals surface area (Å²) in [4.78, 5) is 4.15. The molecule has 0 saturated heterocycles. The van der Waals surface area contributed by atoms with Crippen LogP contribution in [0.15, 0.2) is 42.9 Å². The number of hydrogen-bond donors (Lipinski definition) is 1. The number of rotatable bonds is 6. The highest BCUT2D eigenvalue weighted by atomic mass is 15.0. The van der Waals surface area contributed by atoms with Crippen LogP contribution in [-0.4, -0.2) is 16.1 Å². The molecule has 1 N–H and O–H groups in total. The second kappa shape index (κ2) is 6.21. The standard InChI is InChI=1S/C14H19N3/c1-2-3-8-15-12-14-7-5-10-17(14)13-6-4-9-16-11-13/h4-7,9-11,15H,2-3,8,12H2,1H3. The van der Waals surface area contributed by atoms with Gasteiger partial charge < -0.3 is 9.88 Å². The van der Waals surface area contributed by atoms with Crippen molar-refractivity contribution < 1.29 is 0 Å². The molecule has 0 unspecified atom stereocenters. The van der Waals surface area contributed by atoms with E-state index in [4.69, 9.17) is 0 Å². The van der Waals surface area contributed by atoms with E-state index in [1.165, 1.54) is 18.5 Å². The Morgan fingerprint density at radius 2 is 2.24 bits per heavy atom. The van der Waals surface area contributed by atoms with E-state index in [-0.39, 0.29) is 0 Å². The first-order valence-electron chi connectivity index (χ1n) is 6.19. The number of nitrogens with zero attached hydrogens (tertiary/aromatic N) is 2. The predicted molar refractivity (Wildman–Crippen MR) is 70.2 cm³/mol. The second-order valence-electron chi connectivity index (χ2n) is 4.11. The van der Waals surface area contributed by atoms with Gasteiger partial charge >= 0.3 is 0 Å². The maximum Gasteiger partial charge on any atom is 0.0636 e. The monoisotopic (exact) mass is 229 g/mol. The minimum Gasteiger partial charge on any atom is -0.318 e. The van der Waals surface area contributed by atoms with Gasteiger partial charge in [0.2, 0.25) is 0 Å². The summed E-state index contributed by atoms with van der Waals surface area (Å²) in [6, 6.07) is 8.25. The second-order valence-corrected chi connectivity index (χ2v) is 4.11. The summed E-state index contributed by atoms with van der Waals surface area (Å²) < 4.78 is 2.17. The van der Waals surface area contributed by atoms with Crippen LogP contribution in [-0.2, 0) is 6.54 Å². The molecule has 2 aromatic heterocycles. The predicted octanol–water partition coefficient (Wildman–Crippen LogP) is 2.76. The molecule has 0 aromatic carbocycles. The molecule has 3 heteroatoms. The van der Waals surface area contributed by atoms with Crippen molar-refractivity contribution >= 4 is 0 Å². The SMILES string of the molecule is CCCCNCc1cccn1-c1cccnc1. The third-order valence-corrected chi connectivity index (χ3v) is 2.77. The molecule has 0 spiro atoms. The van der Waals surface area contributed by atoms with Gasteiger partial charge in [-0.05, 0) is 37.2 Å². The van der Waals surface area contributed by atoms with Gasteiger partial charge in [0.05, 0.1) is 11.9 Å². The van der Waals surface area contributed by atoms with Crippen LogP contribution in [0.2, 0.25) is 0 Å². The fraction of sp³-hybridized carbons (Fsp3) is 0.357. The molecule has 0 aliphatic rings. The number of unbranched alkanes of at least 4 members (excludes halogenated alkanes) is 1. The van der Waals surface area contributed by atoms with Crippen LogP contribution in [0.5, 0.6) is 0 Å². The molecule has 0 amide bonds. The topological polar surface area (TPSA) is 29.9 Å². The molecule has 0 saturated carbocycles. The molecular formula is C14H19N3. The Kier molecular flexibility index (Phi) is 4.33. The van der Waals surface area contributed by atoms with Gasteiger partial charge in [0.1, 0.15) is 0 Å². The fourth-order valence-electron chi connectivity index (χ4n) is 1.83. The molecule has 2 heterocycles. The lowest BCUT2D eigenvalue weighted by molar-refractivity contribution is 0.627. The minimum absolute atomic E-state index is 0.905. The van der Waals surface area contributed by atoms with E-state index in [9.17, 15) is 0 Å². The van der Waals surface area contributed by atoms with Gasteiger partial charge in [-0.1, -0.05) is 13.3 Å². The first-order valence-corrected chi connectivity index (χ1v) is 6.19. The van der Waals surface area contributed by atoms with Gasteiger partial charge in [0.25, 0.3) is 0 Å². The number of hydrogen-bond acceptors (Lipinski definition) is 2. The zero-order chi connectivity index (χ0) is 11.9. The van der Waals surface area contributed by atoms with Crippen LogP contribution >= 0.6 is 0 Å². The first-order chi connectivity index (χ1) is 8.42. The Balaban J connectivity index is 2.02. The Labute approximate surface area is 103 Å². The highest BCUT2D eigenvalue weighted by Gasteiger charge is 2.02. The van der Waals surface area contributed by atoms with E-state index < -0.39 is 0 Å². The summed E-state index contributed by atoms with van der Waals surface area (Å²) in [5, 5.41) is 3.46. The van der Waals surface area contributed by atoms with Gasteiger partial charge in [-0.15, -0.1) is 0 Å². The van der Waals surface area contributed by atoms with E-state index in [0.717, 1.165) is 18.8 Å². The first kappa shape index (κ1) is 11.9. The smallest absolute Gasteiger partial charge is 0.0636 e. The van der Waals surface area contributed by atoms with Crippen LogP contribution in [0.4, 0.5) is 0 Å². The summed E-state index contributed by atoms with van der Waals surface area (Å²) in [6.07, 6.45) is 8.22. The Hall–Kier alpha value is -1.61. The molecule has 0 bridgehead atoms. The van der Waals surface area contributed by atoms with Crippen LogP contribution < -0.4 is 5.32 Å². The number of aromatic nitrogens is 2. The van der Waals surface area contributed by atoms with Crippen molar-refractivity contribution in [3.63, 3.8) is 0 Å². The lowest BCUT2D eigenvalue weighted by Crippen LogP contribution is -2.16. The summed E-state index contributed by atoms with van der Waals surface area (Å²) in [5.74, 6) is 0. The van der Waals surface area contributed by atoms with Crippen LogP contribution in [0.1, 0.15) is 25.5 Å². The van der Waals surface area contributed by atoms with Crippen LogP contribution in [0.3, 0.4) is 0 Å². The normalized spacial score (nSPS) is 10.6. The molecular weight excluding hydrogens is 210 g/mol. The molecule has 90 valence electrons. The third-order valence-electron chi connectivity index (χ3n) is 2.77. The lowest BCUT2D eigenvalue weighted by atomic mass is 10.3. The fourth-order valence-corrected chi connectivity index (χ4v) is 1.83. The van der Waals surface area contributed by atoms with E-state index in [0.29, 0.717) is 0 Å². The summed E-state index contributed by atoms with van der Waals surface area (Å²) in [5.41, 5.74) is 2.39. The molecule has 0 radical (unpaired) electrons. The Morgan fingerprint density at radius 3 is 3.00 bits per heavy atom. The van der Waals surface area contributed by atoms with Crippen molar-refractivity contribution in [3.05, 3.63) is 48.5 Å². The zero-order valence-electron chi connectivity index (χ0n) is 10.3. The van der Waals surface area contributed by atoms with Crippen LogP contribution in [0, 0.1) is 0 Å². The minimum atomic E-state index is 0.905. The number of nitrogens with one attached hydrogen (secondary N) is 1. The quantitative estimate of drug-likeness (QED) is 0.772. The van der Waals surface area contributed by atoms with Crippen molar-refractivity contribution in [1.82, 2.24) is 14.9 Å². The van der Waals surface area contributed by atoms with Gasteiger partial charge in [0.15, 0.2) is 0 Å². The Morgan fingerprint density at radius 1 is 1.29 bits per heavy atom. The third kappa shape index (κ3) is 3.17. The van der Waals surface area contributed by atoms with Crippen molar-refractivity contribution in [3.8, 4) is 5.69 Å². The maximum absolute atomic E-state index is 4.15. The molecule has 2 rings (SSSR count). The zero-order valence-corrected chi connectivity index (χ0v) is 10.3. The van der Waals surface area contributed by atoms with Gasteiger partial charge in [-0.25, -0.2) is 0 Å². The van der Waals surface area contributed by atoms with Gasteiger partial charge in [-0.3, -0.25) is 4.98 Å². The largest absolute Gasteiger partial charge is 0.318 e. The van der Waals surface area contributed by atoms with E-state index in [1.807, 2.05) is 12.3 Å². The molecule has 0 atom stereocenters. The molecule has 3 nitrogen and oxygen atoms in total. The highest BCUT2D eigenvalue weighted by molar-refractivity contribution is 5.31. The number of pyridine rings is 1. The van der Waals surface area contributed by atoms with Crippen LogP contribution in [0.25, 0.3) is 5.69 Å². The van der Waals surface area contributed by atoms with Gasteiger partial charge in [0, 0.05) is 24.6 Å². The van der Waals surface area contributed by atoms with E-state index in [2.05, 4.69) is 46.2 Å². The molecule has 2 aromatic rings. The summed E-state index contributed by atoms with van der Waals surface area (Å²) in [7, 11) is 0. The average molecular weight is 229 g/mol. The maximum atomic E-state index is 4.15. The summed E-state index contributed by atoms with van der Waals surface area (Å²) in [6.45, 7) is 4.19. The van der Waals surface area contributed by atoms with Gasteiger partial charge in [-0.2, -0.15) is 0 Å². The molecule has 0 fully saturated rings. The van der Waals surface area contributed by atoms with Crippen molar-refractivity contribution in [2.24, 2.45) is 0 Å². The van der Waals surface area contributed by atoms with Crippen molar-refractivity contribution in [1.29, 1.82) is 0 Å². The lowest BCUT2D eigenvalue weighted by Gasteiger charge is -2.09.